The topological polar surface area (TPSA) is 44.7 Å². The Morgan fingerprint density at radius 1 is 1.42 bits per heavy atom. The van der Waals surface area contributed by atoms with E-state index in [1.54, 1.807) is 0 Å². The van der Waals surface area contributed by atoms with Crippen LogP contribution < -0.4 is 0 Å². The van der Waals surface area contributed by atoms with E-state index < -0.39 is 0 Å². The number of aliphatic imine (C=N–C) groups is 1. The van der Waals surface area contributed by atoms with Gasteiger partial charge >= 0.3 is 0 Å². The molecule has 7 unspecified atom stereocenters. The van der Waals surface area contributed by atoms with Gasteiger partial charge in [0.1, 0.15) is 0 Å². The summed E-state index contributed by atoms with van der Waals surface area (Å²) in [6, 6.07) is 8.61. The Bertz CT molecular complexity index is 816. The highest BCUT2D eigenvalue weighted by molar-refractivity contribution is 6.07. The first kappa shape index (κ1) is 13.8. The molecule has 1 spiro atoms. The monoisotopic (exact) mass is 322 g/mol. The smallest absolute Gasteiger partial charge is 0.0968 e. The maximum absolute atomic E-state index is 13.4. The lowest BCUT2D eigenvalue weighted by Crippen LogP contribution is -2.82. The van der Waals surface area contributed by atoms with Crippen LogP contribution in [-0.4, -0.2) is 42.7 Å². The third-order valence-corrected chi connectivity index (χ3v) is 7.93. The highest BCUT2D eigenvalue weighted by atomic mass is 16.5. The van der Waals surface area contributed by atoms with E-state index in [0.29, 0.717) is 25.0 Å². The van der Waals surface area contributed by atoms with Crippen molar-refractivity contribution in [2.45, 2.75) is 30.4 Å². The number of hydroxylamine groups is 3. The summed E-state index contributed by atoms with van der Waals surface area (Å²) in [6.07, 6.45) is 4.15. The Kier molecular flexibility index (Phi) is 2.20. The molecule has 2 aliphatic carbocycles. The Labute approximate surface area is 142 Å². The first-order valence-corrected chi connectivity index (χ1v) is 9.03. The van der Waals surface area contributed by atoms with E-state index in [-0.39, 0.29) is 27.6 Å². The Morgan fingerprint density at radius 2 is 2.25 bits per heavy atom. The van der Waals surface area contributed by atoms with Crippen molar-refractivity contribution in [3.8, 4) is 0 Å². The Hall–Kier alpha value is -1.49. The van der Waals surface area contributed by atoms with Crippen molar-refractivity contribution in [2.75, 3.05) is 20.2 Å². The summed E-state index contributed by atoms with van der Waals surface area (Å²) < 4.78 is 6.09. The van der Waals surface area contributed by atoms with Crippen LogP contribution >= 0.6 is 0 Å². The van der Waals surface area contributed by atoms with E-state index in [1.165, 1.54) is 11.3 Å². The van der Waals surface area contributed by atoms with Gasteiger partial charge in [0, 0.05) is 12.3 Å². The number of quaternary nitrogens is 1. The molecule has 124 valence electrons. The average Bonchev–Trinajstić information content (AvgIpc) is 2.89. The first-order valence-electron chi connectivity index (χ1n) is 9.03. The molecule has 4 heteroatoms. The minimum atomic E-state index is -0.186. The summed E-state index contributed by atoms with van der Waals surface area (Å²) in [5.74, 6) is 0.855. The van der Waals surface area contributed by atoms with Crippen LogP contribution in [0.25, 0.3) is 0 Å². The second-order valence-corrected chi connectivity index (χ2v) is 8.60. The SMILES string of the molecule is C=CC12C[N+](C)([O-])C3CC14C(=Nc1ccccc14)C1CC2C3CO1. The van der Waals surface area contributed by atoms with Gasteiger partial charge < -0.3 is 14.6 Å². The highest BCUT2D eigenvalue weighted by Crippen LogP contribution is 2.71. The van der Waals surface area contributed by atoms with Crippen LogP contribution in [0.5, 0.6) is 0 Å². The van der Waals surface area contributed by atoms with Crippen LogP contribution in [0.3, 0.4) is 0 Å². The minimum Gasteiger partial charge on any atom is -0.633 e. The summed E-state index contributed by atoms with van der Waals surface area (Å²) in [7, 11) is 1.86. The molecule has 4 aliphatic heterocycles. The molecule has 0 N–H and O–H groups in total. The summed E-state index contributed by atoms with van der Waals surface area (Å²) in [4.78, 5) is 5.06. The lowest BCUT2D eigenvalue weighted by molar-refractivity contribution is -0.915. The number of nitrogens with zero attached hydrogens (tertiary/aromatic N) is 2. The predicted molar refractivity (Wildman–Crippen MR) is 92.0 cm³/mol. The van der Waals surface area contributed by atoms with Gasteiger partial charge in [-0.1, -0.05) is 24.3 Å². The van der Waals surface area contributed by atoms with Crippen molar-refractivity contribution in [1.82, 2.24) is 0 Å². The van der Waals surface area contributed by atoms with Crippen molar-refractivity contribution in [2.24, 2.45) is 22.2 Å². The van der Waals surface area contributed by atoms with Crippen LogP contribution in [0.2, 0.25) is 0 Å². The molecule has 2 saturated carbocycles. The van der Waals surface area contributed by atoms with E-state index in [4.69, 9.17) is 9.73 Å². The number of hydrogen-bond donors (Lipinski definition) is 0. The lowest BCUT2D eigenvalue weighted by atomic mass is 9.37. The standard InChI is InChI=1S/C20H22N2O2/c1-3-19-11-22(2,23)16-9-20(19)13-6-4-5-7-15(13)21-18(20)17-8-14(19)12(16)10-24-17/h3-7,12,14,16-17H,1,8-11H2,2H3. The number of para-hydroxylation sites is 1. The molecule has 24 heavy (non-hydrogen) atoms. The number of hydrogen-bond acceptors (Lipinski definition) is 3. The fourth-order valence-electron chi connectivity index (χ4n) is 7.17. The van der Waals surface area contributed by atoms with Gasteiger partial charge in [0.15, 0.2) is 0 Å². The van der Waals surface area contributed by atoms with E-state index >= 15 is 0 Å². The third kappa shape index (κ3) is 1.18. The quantitative estimate of drug-likeness (QED) is 0.453. The second kappa shape index (κ2) is 3.85. The van der Waals surface area contributed by atoms with E-state index in [9.17, 15) is 5.21 Å². The average molecular weight is 322 g/mol. The van der Waals surface area contributed by atoms with Crippen molar-refractivity contribution in [3.63, 3.8) is 0 Å². The summed E-state index contributed by atoms with van der Waals surface area (Å²) in [5, 5.41) is 13.4. The Morgan fingerprint density at radius 3 is 3.08 bits per heavy atom. The molecule has 4 nitrogen and oxygen atoms in total. The van der Waals surface area contributed by atoms with Gasteiger partial charge in [-0.05, 0) is 24.0 Å². The summed E-state index contributed by atoms with van der Waals surface area (Å²) in [6.45, 7) is 5.60. The molecule has 1 aromatic rings. The normalized spacial score (nSPS) is 52.7. The van der Waals surface area contributed by atoms with Crippen LogP contribution in [-0.2, 0) is 10.2 Å². The van der Waals surface area contributed by atoms with Crippen molar-refractivity contribution in [3.05, 3.63) is 47.7 Å². The summed E-state index contributed by atoms with van der Waals surface area (Å²) in [5.41, 5.74) is 3.22. The van der Waals surface area contributed by atoms with Crippen LogP contribution in [0.1, 0.15) is 18.4 Å². The number of piperidine rings is 2. The van der Waals surface area contributed by atoms with Gasteiger partial charge in [-0.2, -0.15) is 0 Å². The molecule has 1 aromatic carbocycles. The number of fused-ring (bicyclic) bond motifs is 4. The predicted octanol–water partition coefficient (Wildman–Crippen LogP) is 2.95. The first-order chi connectivity index (χ1) is 11.5. The fraction of sp³-hybridized carbons (Fsp3) is 0.550. The maximum atomic E-state index is 13.4. The largest absolute Gasteiger partial charge is 0.633 e. The number of ether oxygens (including phenoxy) is 1. The number of rotatable bonds is 1. The lowest BCUT2D eigenvalue weighted by Gasteiger charge is -2.74. The third-order valence-electron chi connectivity index (χ3n) is 7.93. The van der Waals surface area contributed by atoms with Crippen molar-refractivity contribution < 1.29 is 9.38 Å². The fourth-order valence-corrected chi connectivity index (χ4v) is 7.17. The molecule has 7 rings (SSSR count). The number of benzene rings is 1. The van der Waals surface area contributed by atoms with Crippen molar-refractivity contribution in [1.29, 1.82) is 0 Å². The Balaban J connectivity index is 1.72. The zero-order chi connectivity index (χ0) is 16.3. The van der Waals surface area contributed by atoms with Gasteiger partial charge in [0.05, 0.1) is 54.6 Å². The van der Waals surface area contributed by atoms with Gasteiger partial charge in [-0.25, -0.2) is 0 Å². The molecule has 6 aliphatic rings. The molecule has 3 saturated heterocycles. The maximum Gasteiger partial charge on any atom is 0.0968 e. The van der Waals surface area contributed by atoms with E-state index in [2.05, 4.69) is 36.9 Å². The molecule has 0 aromatic heterocycles. The van der Waals surface area contributed by atoms with Crippen LogP contribution in [0.15, 0.2) is 41.9 Å². The zero-order valence-electron chi connectivity index (χ0n) is 13.9. The minimum absolute atomic E-state index is 0.106. The molecular weight excluding hydrogens is 300 g/mol. The second-order valence-electron chi connectivity index (χ2n) is 8.60. The van der Waals surface area contributed by atoms with Gasteiger partial charge in [0.25, 0.3) is 0 Å². The van der Waals surface area contributed by atoms with Gasteiger partial charge in [0.2, 0.25) is 0 Å². The van der Waals surface area contributed by atoms with Crippen LogP contribution in [0, 0.1) is 22.5 Å². The molecule has 5 fully saturated rings. The zero-order valence-corrected chi connectivity index (χ0v) is 13.9. The highest BCUT2D eigenvalue weighted by Gasteiger charge is 2.77. The van der Waals surface area contributed by atoms with Crippen LogP contribution in [0.4, 0.5) is 5.69 Å². The van der Waals surface area contributed by atoms with E-state index in [1.807, 2.05) is 7.05 Å². The molecule has 7 atom stereocenters. The van der Waals surface area contributed by atoms with Gasteiger partial charge in [-0.3, -0.25) is 4.99 Å². The molecule has 0 amide bonds. The molecule has 5 bridgehead atoms. The summed E-state index contributed by atoms with van der Waals surface area (Å²) >= 11 is 0. The van der Waals surface area contributed by atoms with E-state index in [0.717, 1.165) is 18.5 Å². The molecular formula is C20H22N2O2. The molecule has 0 radical (unpaired) electrons. The molecule has 4 heterocycles. The van der Waals surface area contributed by atoms with Crippen molar-refractivity contribution >= 4 is 11.4 Å². The van der Waals surface area contributed by atoms with Gasteiger partial charge in [-0.15, -0.1) is 6.58 Å².